The molecule has 15 heteroatoms. The standard InChI is InChI=1S/C6F13I.HI/c7-1(8,3(11,12)5(14,15)16)2(9,10)4(13,20)6(17,18)19;/h;1H. The van der Waals surface area contributed by atoms with Gasteiger partial charge in [-0.1, -0.05) is 0 Å². The predicted octanol–water partition coefficient (Wildman–Crippen LogP) is 5.74. The second-order valence-corrected chi connectivity index (χ2v) is 4.78. The molecule has 0 saturated carbocycles. The molecule has 0 nitrogen and oxygen atoms in total. The molecule has 21 heavy (non-hydrogen) atoms. The van der Waals surface area contributed by atoms with E-state index in [0.29, 0.717) is 0 Å². The summed E-state index contributed by atoms with van der Waals surface area (Å²) in [6.07, 6.45) is -14.2. The molecule has 0 aliphatic carbocycles. The maximum atomic E-state index is 12.7. The second kappa shape index (κ2) is 5.88. The number of hydrogen-bond acceptors (Lipinski definition) is 0. The number of alkyl halides is 14. The van der Waals surface area contributed by atoms with Crippen molar-refractivity contribution in [2.24, 2.45) is 0 Å². The van der Waals surface area contributed by atoms with Crippen LogP contribution in [0.1, 0.15) is 0 Å². The van der Waals surface area contributed by atoms with Gasteiger partial charge in [0.1, 0.15) is 0 Å². The van der Waals surface area contributed by atoms with Gasteiger partial charge < -0.3 is 0 Å². The minimum Gasteiger partial charge on any atom is -0.215 e. The number of halogens is 15. The highest BCUT2D eigenvalue weighted by Crippen LogP contribution is 2.61. The Morgan fingerprint density at radius 1 is 0.429 bits per heavy atom. The van der Waals surface area contributed by atoms with Crippen molar-refractivity contribution in [2.75, 3.05) is 0 Å². The Bertz CT molecular complexity index is 328. The molecule has 0 aromatic heterocycles. The van der Waals surface area contributed by atoms with Gasteiger partial charge in [-0.05, 0) is 22.6 Å². The average Bonchev–Trinajstić information content (AvgIpc) is 2.12. The average molecular weight is 574 g/mol. The van der Waals surface area contributed by atoms with Crippen LogP contribution in [-0.2, 0) is 0 Å². The monoisotopic (exact) mass is 574 g/mol. The minimum absolute atomic E-state index is 0. The van der Waals surface area contributed by atoms with Crippen LogP contribution >= 0.6 is 46.6 Å². The Labute approximate surface area is 137 Å². The Kier molecular flexibility index (Phi) is 6.67. The lowest BCUT2D eigenvalue weighted by molar-refractivity contribution is -0.416. The summed E-state index contributed by atoms with van der Waals surface area (Å²) in [4.78, 5) is 0. The summed E-state index contributed by atoms with van der Waals surface area (Å²) in [5.41, 5.74) is 0. The minimum atomic E-state index is -7.68. The Morgan fingerprint density at radius 2 is 0.714 bits per heavy atom. The summed E-state index contributed by atoms with van der Waals surface area (Å²) < 4.78 is 151. The van der Waals surface area contributed by atoms with Crippen LogP contribution in [0.5, 0.6) is 0 Å². The van der Waals surface area contributed by atoms with E-state index in [-0.39, 0.29) is 24.0 Å². The fraction of sp³-hybridized carbons (Fsp3) is 1.00. The van der Waals surface area contributed by atoms with Crippen LogP contribution in [0.4, 0.5) is 57.1 Å². The van der Waals surface area contributed by atoms with Crippen molar-refractivity contribution in [3.05, 3.63) is 0 Å². The van der Waals surface area contributed by atoms with Crippen molar-refractivity contribution in [3.8, 4) is 0 Å². The van der Waals surface area contributed by atoms with Crippen molar-refractivity contribution >= 4 is 46.6 Å². The second-order valence-electron chi connectivity index (χ2n) is 3.29. The molecule has 0 rings (SSSR count). The van der Waals surface area contributed by atoms with E-state index in [1.807, 2.05) is 0 Å². The Morgan fingerprint density at radius 3 is 0.905 bits per heavy atom. The zero-order valence-electron chi connectivity index (χ0n) is 8.70. The summed E-state index contributed by atoms with van der Waals surface area (Å²) in [5, 5.41) is 0. The third-order valence-corrected chi connectivity index (χ3v) is 3.18. The van der Waals surface area contributed by atoms with Crippen LogP contribution in [0.3, 0.4) is 0 Å². The molecule has 0 aliphatic heterocycles. The van der Waals surface area contributed by atoms with E-state index < -0.39 is 56.4 Å². The molecule has 0 heterocycles. The van der Waals surface area contributed by atoms with E-state index in [1.54, 1.807) is 0 Å². The number of rotatable bonds is 3. The van der Waals surface area contributed by atoms with Crippen LogP contribution < -0.4 is 0 Å². The van der Waals surface area contributed by atoms with Crippen LogP contribution in [0, 0.1) is 0 Å². The lowest BCUT2D eigenvalue weighted by Crippen LogP contribution is -2.68. The van der Waals surface area contributed by atoms with Gasteiger partial charge in [-0.15, -0.1) is 24.0 Å². The predicted molar refractivity (Wildman–Crippen MR) is 60.2 cm³/mol. The van der Waals surface area contributed by atoms with Crippen LogP contribution in [0.25, 0.3) is 0 Å². The SMILES string of the molecule is FC(F)(F)C(F)(F)C(F)(F)C(F)(F)C(F)(I)C(F)(F)F.I. The van der Waals surface area contributed by atoms with Crippen molar-refractivity contribution in [3.63, 3.8) is 0 Å². The first kappa shape index (κ1) is 23.8. The summed E-state index contributed by atoms with van der Waals surface area (Å²) in [5.74, 6) is -22.7. The van der Waals surface area contributed by atoms with Crippen molar-refractivity contribution in [2.45, 2.75) is 33.8 Å². The lowest BCUT2D eigenvalue weighted by Gasteiger charge is -2.38. The molecule has 130 valence electrons. The van der Waals surface area contributed by atoms with E-state index in [9.17, 15) is 57.1 Å². The summed E-state index contributed by atoms with van der Waals surface area (Å²) in [6.45, 7) is 0. The highest BCUT2D eigenvalue weighted by molar-refractivity contribution is 14.1. The van der Waals surface area contributed by atoms with Gasteiger partial charge in [0.25, 0.3) is 0 Å². The molecule has 1 atom stereocenters. The van der Waals surface area contributed by atoms with Crippen molar-refractivity contribution in [1.29, 1.82) is 0 Å². The van der Waals surface area contributed by atoms with Crippen molar-refractivity contribution in [1.82, 2.24) is 0 Å². The zero-order valence-corrected chi connectivity index (χ0v) is 13.2. The molecule has 0 bridgehead atoms. The first-order chi connectivity index (χ1) is 8.25. The number of hydrogen-bond donors (Lipinski definition) is 0. The maximum absolute atomic E-state index is 12.7. The van der Waals surface area contributed by atoms with E-state index in [4.69, 9.17) is 0 Å². The quantitative estimate of drug-likeness (QED) is 0.230. The smallest absolute Gasteiger partial charge is 0.215 e. The fourth-order valence-corrected chi connectivity index (χ4v) is 1.09. The largest absolute Gasteiger partial charge is 0.460 e. The van der Waals surface area contributed by atoms with E-state index >= 15 is 0 Å². The normalized spacial score (nSPS) is 18.0. The van der Waals surface area contributed by atoms with Gasteiger partial charge in [-0.2, -0.15) is 52.7 Å². The summed E-state index contributed by atoms with van der Waals surface area (Å²) in [6, 6.07) is 0. The Balaban J connectivity index is 0. The lowest BCUT2D eigenvalue weighted by atomic mass is 9.99. The van der Waals surface area contributed by atoms with Gasteiger partial charge in [-0.25, -0.2) is 4.39 Å². The molecule has 0 radical (unpaired) electrons. The van der Waals surface area contributed by atoms with Crippen LogP contribution in [0.2, 0.25) is 0 Å². The molecule has 1 unspecified atom stereocenters. The first-order valence-corrected chi connectivity index (χ1v) is 4.97. The van der Waals surface area contributed by atoms with Gasteiger partial charge in [-0.3, -0.25) is 0 Å². The third kappa shape index (κ3) is 3.41. The molecular formula is C6HF13I2. The fourth-order valence-electron chi connectivity index (χ4n) is 0.750. The molecule has 0 saturated heterocycles. The Hall–Kier alpha value is 0.550. The highest BCUT2D eigenvalue weighted by Gasteiger charge is 2.89. The highest BCUT2D eigenvalue weighted by atomic mass is 127. The maximum Gasteiger partial charge on any atom is 0.460 e. The molecule has 0 fully saturated rings. The summed E-state index contributed by atoms with van der Waals surface area (Å²) >= 11 is -1.00. The molecule has 0 amide bonds. The zero-order chi connectivity index (χ0) is 17.0. The summed E-state index contributed by atoms with van der Waals surface area (Å²) in [7, 11) is 0. The topological polar surface area (TPSA) is 0 Å². The van der Waals surface area contributed by atoms with Gasteiger partial charge in [0, 0.05) is 0 Å². The molecule has 0 aliphatic rings. The van der Waals surface area contributed by atoms with Crippen LogP contribution in [0.15, 0.2) is 0 Å². The molecule has 0 spiro atoms. The van der Waals surface area contributed by atoms with Crippen molar-refractivity contribution < 1.29 is 57.1 Å². The first-order valence-electron chi connectivity index (χ1n) is 3.90. The van der Waals surface area contributed by atoms with Gasteiger partial charge in [0.15, 0.2) is 0 Å². The molecular weight excluding hydrogens is 573 g/mol. The van der Waals surface area contributed by atoms with Gasteiger partial charge in [0.2, 0.25) is 0 Å². The molecule has 0 N–H and O–H groups in total. The molecule has 0 aromatic carbocycles. The van der Waals surface area contributed by atoms with Gasteiger partial charge >= 0.3 is 33.8 Å². The van der Waals surface area contributed by atoms with Crippen LogP contribution in [-0.4, -0.2) is 33.8 Å². The van der Waals surface area contributed by atoms with E-state index in [0.717, 1.165) is 0 Å². The molecule has 0 aromatic rings. The van der Waals surface area contributed by atoms with Gasteiger partial charge in [0.05, 0.1) is 0 Å². The third-order valence-electron chi connectivity index (χ3n) is 1.90. The van der Waals surface area contributed by atoms with E-state index in [2.05, 4.69) is 0 Å². The van der Waals surface area contributed by atoms with E-state index in [1.165, 1.54) is 0 Å².